The lowest BCUT2D eigenvalue weighted by Gasteiger charge is -2.32. The normalized spacial score (nSPS) is 22.7. The summed E-state index contributed by atoms with van der Waals surface area (Å²) < 4.78 is 6.97. The van der Waals surface area contributed by atoms with Gasteiger partial charge in [0.1, 0.15) is 0 Å². The van der Waals surface area contributed by atoms with E-state index >= 15 is 0 Å². The first-order chi connectivity index (χ1) is 9.24. The van der Waals surface area contributed by atoms with Crippen molar-refractivity contribution in [1.29, 1.82) is 0 Å². The molecule has 2 atom stereocenters. The van der Waals surface area contributed by atoms with E-state index in [0.29, 0.717) is 13.0 Å². The van der Waals surface area contributed by atoms with Crippen LogP contribution >= 0.6 is 11.3 Å². The summed E-state index contributed by atoms with van der Waals surface area (Å²) in [5.41, 5.74) is 1.23. The van der Waals surface area contributed by atoms with Crippen LogP contribution in [0.25, 0.3) is 10.1 Å². The number of hydrogen-bond donors (Lipinski definition) is 1. The molecule has 2 aromatic rings. The van der Waals surface area contributed by atoms with Crippen molar-refractivity contribution in [3.63, 3.8) is 0 Å². The molecule has 1 aromatic carbocycles. The summed E-state index contributed by atoms with van der Waals surface area (Å²) in [5, 5.41) is 13.8. The van der Waals surface area contributed by atoms with Gasteiger partial charge in [-0.1, -0.05) is 18.2 Å². The second-order valence-electron chi connectivity index (χ2n) is 5.20. The van der Waals surface area contributed by atoms with Crippen LogP contribution in [0.15, 0.2) is 29.6 Å². The number of ether oxygens (including phenoxy) is 1. The predicted molar refractivity (Wildman–Crippen MR) is 78.8 cm³/mol. The lowest BCUT2D eigenvalue weighted by atomic mass is 10.0. The third kappa shape index (κ3) is 2.82. The maximum absolute atomic E-state index is 10.4. The summed E-state index contributed by atoms with van der Waals surface area (Å²) in [6.45, 7) is 2.47. The quantitative estimate of drug-likeness (QED) is 0.933. The van der Waals surface area contributed by atoms with Crippen LogP contribution in [-0.4, -0.2) is 49.0 Å². The molecule has 19 heavy (non-hydrogen) atoms. The zero-order valence-electron chi connectivity index (χ0n) is 11.1. The average Bonchev–Trinajstić information content (AvgIpc) is 2.82. The molecule has 2 heterocycles. The zero-order valence-corrected chi connectivity index (χ0v) is 11.9. The second kappa shape index (κ2) is 5.59. The number of aliphatic hydroxyl groups is 1. The van der Waals surface area contributed by atoms with E-state index in [1.807, 2.05) is 0 Å². The lowest BCUT2D eigenvalue weighted by molar-refractivity contribution is -0.0822. The Morgan fingerprint density at radius 3 is 3.16 bits per heavy atom. The number of benzene rings is 1. The SMILES string of the molecule is CN1CCOC(C(O)Cc2csc3ccccc23)C1. The first-order valence-electron chi connectivity index (χ1n) is 6.67. The number of hydrogen-bond acceptors (Lipinski definition) is 4. The topological polar surface area (TPSA) is 32.7 Å². The van der Waals surface area contributed by atoms with E-state index in [1.165, 1.54) is 15.6 Å². The fraction of sp³-hybridized carbons (Fsp3) is 0.467. The molecular formula is C15H19NO2S. The molecule has 1 fully saturated rings. The van der Waals surface area contributed by atoms with Crippen molar-refractivity contribution in [2.75, 3.05) is 26.7 Å². The van der Waals surface area contributed by atoms with Gasteiger partial charge in [-0.2, -0.15) is 0 Å². The van der Waals surface area contributed by atoms with Crippen LogP contribution in [0.5, 0.6) is 0 Å². The molecule has 0 bridgehead atoms. The van der Waals surface area contributed by atoms with Crippen molar-refractivity contribution < 1.29 is 9.84 Å². The molecule has 1 saturated heterocycles. The van der Waals surface area contributed by atoms with Crippen molar-refractivity contribution in [2.24, 2.45) is 0 Å². The van der Waals surface area contributed by atoms with E-state index < -0.39 is 6.10 Å². The van der Waals surface area contributed by atoms with Gasteiger partial charge in [-0.25, -0.2) is 0 Å². The number of nitrogens with zero attached hydrogens (tertiary/aromatic N) is 1. The largest absolute Gasteiger partial charge is 0.390 e. The van der Waals surface area contributed by atoms with Crippen LogP contribution in [0.1, 0.15) is 5.56 Å². The molecule has 102 valence electrons. The van der Waals surface area contributed by atoms with Gasteiger partial charge in [-0.3, -0.25) is 0 Å². The Morgan fingerprint density at radius 1 is 1.47 bits per heavy atom. The molecule has 0 spiro atoms. The van der Waals surface area contributed by atoms with Crippen LogP contribution < -0.4 is 0 Å². The highest BCUT2D eigenvalue weighted by molar-refractivity contribution is 7.17. The van der Waals surface area contributed by atoms with E-state index in [-0.39, 0.29) is 6.10 Å². The van der Waals surface area contributed by atoms with E-state index in [9.17, 15) is 5.11 Å². The van der Waals surface area contributed by atoms with Crippen molar-refractivity contribution in [3.8, 4) is 0 Å². The molecule has 0 aliphatic carbocycles. The van der Waals surface area contributed by atoms with Gasteiger partial charge in [-0.05, 0) is 29.4 Å². The van der Waals surface area contributed by atoms with Crippen molar-refractivity contribution in [2.45, 2.75) is 18.6 Å². The Morgan fingerprint density at radius 2 is 2.32 bits per heavy atom. The van der Waals surface area contributed by atoms with Gasteiger partial charge < -0.3 is 14.7 Å². The van der Waals surface area contributed by atoms with Crippen molar-refractivity contribution in [1.82, 2.24) is 4.90 Å². The minimum Gasteiger partial charge on any atom is -0.390 e. The average molecular weight is 277 g/mol. The van der Waals surface area contributed by atoms with Gasteiger partial charge in [0, 0.05) is 24.2 Å². The van der Waals surface area contributed by atoms with E-state index in [4.69, 9.17) is 4.74 Å². The van der Waals surface area contributed by atoms with E-state index in [0.717, 1.165) is 13.1 Å². The van der Waals surface area contributed by atoms with Gasteiger partial charge in [0.2, 0.25) is 0 Å². The summed E-state index contributed by atoms with van der Waals surface area (Å²) in [5.74, 6) is 0. The number of thiophene rings is 1. The summed E-state index contributed by atoms with van der Waals surface area (Å²) >= 11 is 1.74. The summed E-state index contributed by atoms with van der Waals surface area (Å²) in [6, 6.07) is 8.36. The maximum atomic E-state index is 10.4. The smallest absolute Gasteiger partial charge is 0.0964 e. The highest BCUT2D eigenvalue weighted by atomic mass is 32.1. The van der Waals surface area contributed by atoms with Gasteiger partial charge in [0.05, 0.1) is 18.8 Å². The van der Waals surface area contributed by atoms with E-state index in [2.05, 4.69) is 41.6 Å². The molecule has 0 amide bonds. The number of likely N-dealkylation sites (N-methyl/N-ethyl adjacent to an activating group) is 1. The molecule has 3 rings (SSSR count). The number of aliphatic hydroxyl groups excluding tert-OH is 1. The number of rotatable bonds is 3. The Kier molecular flexibility index (Phi) is 3.84. The third-order valence-corrected chi connectivity index (χ3v) is 4.73. The monoisotopic (exact) mass is 277 g/mol. The standard InChI is InChI=1S/C15H19NO2S/c1-16-6-7-18-14(9-16)13(17)8-11-10-19-15-5-3-2-4-12(11)15/h2-5,10,13-14,17H,6-9H2,1H3. The molecule has 1 aliphatic heterocycles. The minimum atomic E-state index is -0.430. The minimum absolute atomic E-state index is 0.0718. The van der Waals surface area contributed by atoms with E-state index in [1.54, 1.807) is 11.3 Å². The van der Waals surface area contributed by atoms with Crippen LogP contribution in [0.2, 0.25) is 0 Å². The molecule has 2 unspecified atom stereocenters. The highest BCUT2D eigenvalue weighted by Crippen LogP contribution is 2.27. The molecule has 3 nitrogen and oxygen atoms in total. The molecule has 4 heteroatoms. The van der Waals surface area contributed by atoms with Gasteiger partial charge in [0.15, 0.2) is 0 Å². The Labute approximate surface area is 117 Å². The fourth-order valence-electron chi connectivity index (χ4n) is 2.59. The summed E-state index contributed by atoms with van der Waals surface area (Å²) in [7, 11) is 2.07. The van der Waals surface area contributed by atoms with Gasteiger partial charge >= 0.3 is 0 Å². The Balaban J connectivity index is 1.73. The molecule has 1 N–H and O–H groups in total. The Hall–Kier alpha value is -0.940. The van der Waals surface area contributed by atoms with Gasteiger partial charge in [-0.15, -0.1) is 11.3 Å². The second-order valence-corrected chi connectivity index (χ2v) is 6.11. The molecular weight excluding hydrogens is 258 g/mol. The number of morpholine rings is 1. The molecule has 1 aliphatic rings. The molecule has 0 radical (unpaired) electrons. The maximum Gasteiger partial charge on any atom is 0.0964 e. The summed E-state index contributed by atoms with van der Waals surface area (Å²) in [6.07, 6.45) is 0.167. The predicted octanol–water partition coefficient (Wildman–Crippen LogP) is 2.14. The Bertz CT molecular complexity index is 554. The van der Waals surface area contributed by atoms with Crippen molar-refractivity contribution >= 4 is 21.4 Å². The zero-order chi connectivity index (χ0) is 13.2. The first kappa shape index (κ1) is 13.1. The first-order valence-corrected chi connectivity index (χ1v) is 7.55. The lowest BCUT2D eigenvalue weighted by Crippen LogP contribution is -2.46. The van der Waals surface area contributed by atoms with Crippen LogP contribution in [-0.2, 0) is 11.2 Å². The molecule has 0 saturated carbocycles. The van der Waals surface area contributed by atoms with Crippen LogP contribution in [0.3, 0.4) is 0 Å². The molecule has 1 aromatic heterocycles. The van der Waals surface area contributed by atoms with Crippen LogP contribution in [0.4, 0.5) is 0 Å². The summed E-state index contributed by atoms with van der Waals surface area (Å²) in [4.78, 5) is 2.21. The third-order valence-electron chi connectivity index (χ3n) is 3.72. The highest BCUT2D eigenvalue weighted by Gasteiger charge is 2.25. The number of fused-ring (bicyclic) bond motifs is 1. The fourth-order valence-corrected chi connectivity index (χ4v) is 3.57. The van der Waals surface area contributed by atoms with Crippen LogP contribution in [0, 0.1) is 0 Å². The van der Waals surface area contributed by atoms with Crippen molar-refractivity contribution in [3.05, 3.63) is 35.2 Å². The van der Waals surface area contributed by atoms with Gasteiger partial charge in [0.25, 0.3) is 0 Å².